The number of rotatable bonds is 5. The van der Waals surface area contributed by atoms with Gasteiger partial charge in [0.2, 0.25) is 0 Å². The lowest BCUT2D eigenvalue weighted by Gasteiger charge is -2.28. The normalized spacial score (nSPS) is 11.2. The molecular formula is C21H20N2O3. The fraction of sp³-hybridized carbons (Fsp3) is 0.143. The van der Waals surface area contributed by atoms with E-state index in [-0.39, 0.29) is 5.56 Å². The number of benzene rings is 2. The fourth-order valence-corrected chi connectivity index (χ4v) is 2.86. The zero-order valence-corrected chi connectivity index (χ0v) is 14.4. The van der Waals surface area contributed by atoms with Crippen molar-refractivity contribution in [3.05, 3.63) is 100 Å². The van der Waals surface area contributed by atoms with Gasteiger partial charge in [0.1, 0.15) is 0 Å². The first-order valence-electron chi connectivity index (χ1n) is 8.41. The summed E-state index contributed by atoms with van der Waals surface area (Å²) in [6.07, 6.45) is 1.57. The second-order valence-electron chi connectivity index (χ2n) is 5.94. The first-order valence-corrected chi connectivity index (χ1v) is 8.41. The van der Waals surface area contributed by atoms with Gasteiger partial charge in [0.25, 0.3) is 11.5 Å². The Morgan fingerprint density at radius 3 is 2.00 bits per heavy atom. The molecule has 5 heteroatoms. The Balaban J connectivity index is 2.03. The van der Waals surface area contributed by atoms with Crippen LogP contribution >= 0.6 is 0 Å². The first kappa shape index (κ1) is 17.6. The Kier molecular flexibility index (Phi) is 5.00. The van der Waals surface area contributed by atoms with Gasteiger partial charge >= 0.3 is 0 Å². The van der Waals surface area contributed by atoms with Gasteiger partial charge in [-0.05, 0) is 24.1 Å². The molecule has 3 aromatic rings. The highest BCUT2D eigenvalue weighted by Gasteiger charge is 2.39. The van der Waals surface area contributed by atoms with Crippen LogP contribution in [0.5, 0.6) is 0 Å². The molecule has 132 valence electrons. The summed E-state index contributed by atoms with van der Waals surface area (Å²) in [6.45, 7) is 2.33. The van der Waals surface area contributed by atoms with Gasteiger partial charge in [-0.15, -0.1) is 0 Å². The van der Waals surface area contributed by atoms with Crippen LogP contribution < -0.4 is 10.9 Å². The number of nitrogens with one attached hydrogen (secondary N) is 1. The molecule has 0 saturated heterocycles. The summed E-state index contributed by atoms with van der Waals surface area (Å²) in [4.78, 5) is 24.8. The maximum absolute atomic E-state index is 13.1. The predicted molar refractivity (Wildman–Crippen MR) is 101 cm³/mol. The standard InChI is InChI=1S/C21H20N2O3/c1-2-23-15-18(13-14-19(23)24)22-20(25)21(26,16-9-5-3-6-10-16)17-11-7-4-8-12-17/h3-15,26H,2H2,1H3,(H,22,25). The van der Waals surface area contributed by atoms with Crippen molar-refractivity contribution in [2.24, 2.45) is 0 Å². The number of hydrogen-bond donors (Lipinski definition) is 2. The summed E-state index contributed by atoms with van der Waals surface area (Å²) in [7, 11) is 0. The maximum Gasteiger partial charge on any atom is 0.265 e. The highest BCUT2D eigenvalue weighted by Crippen LogP contribution is 2.31. The minimum Gasteiger partial charge on any atom is -0.372 e. The van der Waals surface area contributed by atoms with Crippen LogP contribution in [0.3, 0.4) is 0 Å². The maximum atomic E-state index is 13.1. The summed E-state index contributed by atoms with van der Waals surface area (Å²) in [5.41, 5.74) is -0.621. The zero-order valence-electron chi connectivity index (χ0n) is 14.4. The number of amides is 1. The first-order chi connectivity index (χ1) is 12.6. The van der Waals surface area contributed by atoms with Crippen molar-refractivity contribution in [3.63, 3.8) is 0 Å². The van der Waals surface area contributed by atoms with Gasteiger partial charge in [-0.3, -0.25) is 9.59 Å². The largest absolute Gasteiger partial charge is 0.372 e. The fourth-order valence-electron chi connectivity index (χ4n) is 2.86. The van der Waals surface area contributed by atoms with Crippen LogP contribution in [0.1, 0.15) is 18.1 Å². The van der Waals surface area contributed by atoms with E-state index in [1.54, 1.807) is 54.7 Å². The third-order valence-electron chi connectivity index (χ3n) is 4.29. The van der Waals surface area contributed by atoms with Crippen molar-refractivity contribution >= 4 is 11.6 Å². The van der Waals surface area contributed by atoms with Crippen molar-refractivity contribution in [2.75, 3.05) is 5.32 Å². The van der Waals surface area contributed by atoms with E-state index in [2.05, 4.69) is 5.32 Å². The van der Waals surface area contributed by atoms with Crippen LogP contribution in [0, 0.1) is 0 Å². The van der Waals surface area contributed by atoms with Gasteiger partial charge < -0.3 is 15.0 Å². The van der Waals surface area contributed by atoms with Gasteiger partial charge in [-0.1, -0.05) is 60.7 Å². The number of aromatic nitrogens is 1. The van der Waals surface area contributed by atoms with Gasteiger partial charge in [0.05, 0.1) is 5.69 Å². The molecule has 2 aromatic carbocycles. The van der Waals surface area contributed by atoms with E-state index in [9.17, 15) is 14.7 Å². The lowest BCUT2D eigenvalue weighted by molar-refractivity contribution is -0.131. The number of hydrogen-bond acceptors (Lipinski definition) is 3. The molecule has 5 nitrogen and oxygen atoms in total. The molecule has 1 heterocycles. The van der Waals surface area contributed by atoms with Crippen LogP contribution in [0.25, 0.3) is 0 Å². The highest BCUT2D eigenvalue weighted by molar-refractivity contribution is 6.00. The molecule has 0 radical (unpaired) electrons. The van der Waals surface area contributed by atoms with Crippen LogP contribution in [-0.4, -0.2) is 15.6 Å². The van der Waals surface area contributed by atoms with Gasteiger partial charge in [0.15, 0.2) is 5.60 Å². The Bertz CT molecular complexity index is 910. The van der Waals surface area contributed by atoms with E-state index in [1.165, 1.54) is 16.7 Å². The van der Waals surface area contributed by atoms with Crippen molar-refractivity contribution < 1.29 is 9.90 Å². The van der Waals surface area contributed by atoms with E-state index in [1.807, 2.05) is 19.1 Å². The summed E-state index contributed by atoms with van der Waals surface area (Å²) >= 11 is 0. The Morgan fingerprint density at radius 1 is 0.962 bits per heavy atom. The van der Waals surface area contributed by atoms with Crippen molar-refractivity contribution in [3.8, 4) is 0 Å². The van der Waals surface area contributed by atoms with Crippen LogP contribution in [0.2, 0.25) is 0 Å². The Morgan fingerprint density at radius 2 is 1.50 bits per heavy atom. The molecule has 0 aliphatic heterocycles. The lowest BCUT2D eigenvalue weighted by Crippen LogP contribution is -2.41. The Hall–Kier alpha value is -3.18. The lowest BCUT2D eigenvalue weighted by atomic mass is 9.85. The minimum absolute atomic E-state index is 0.146. The zero-order chi connectivity index (χ0) is 18.6. The van der Waals surface area contributed by atoms with E-state index < -0.39 is 11.5 Å². The second-order valence-corrected chi connectivity index (χ2v) is 5.94. The van der Waals surface area contributed by atoms with E-state index in [0.29, 0.717) is 23.4 Å². The topological polar surface area (TPSA) is 71.3 Å². The monoisotopic (exact) mass is 348 g/mol. The van der Waals surface area contributed by atoms with E-state index in [0.717, 1.165) is 0 Å². The molecule has 0 unspecified atom stereocenters. The van der Waals surface area contributed by atoms with E-state index >= 15 is 0 Å². The molecule has 3 rings (SSSR count). The van der Waals surface area contributed by atoms with Gasteiger partial charge in [-0.2, -0.15) is 0 Å². The molecule has 1 aromatic heterocycles. The van der Waals surface area contributed by atoms with Crippen molar-refractivity contribution in [1.82, 2.24) is 4.57 Å². The molecule has 0 saturated carbocycles. The number of carbonyl (C=O) groups is 1. The SMILES string of the molecule is CCn1cc(NC(=O)C(O)(c2ccccc2)c2ccccc2)ccc1=O. The molecule has 2 N–H and O–H groups in total. The Labute approximate surface area is 151 Å². The van der Waals surface area contributed by atoms with Crippen LogP contribution in [0.4, 0.5) is 5.69 Å². The number of aliphatic hydroxyl groups is 1. The molecule has 0 fully saturated rings. The third-order valence-corrected chi connectivity index (χ3v) is 4.29. The highest BCUT2D eigenvalue weighted by atomic mass is 16.3. The molecule has 0 aliphatic carbocycles. The van der Waals surface area contributed by atoms with E-state index in [4.69, 9.17) is 0 Å². The van der Waals surface area contributed by atoms with Crippen molar-refractivity contribution in [2.45, 2.75) is 19.1 Å². The molecule has 26 heavy (non-hydrogen) atoms. The minimum atomic E-state index is -1.85. The molecule has 0 atom stereocenters. The average molecular weight is 348 g/mol. The summed E-state index contributed by atoms with van der Waals surface area (Å²) in [6, 6.07) is 20.5. The summed E-state index contributed by atoms with van der Waals surface area (Å²) in [5.74, 6) is -0.587. The number of anilines is 1. The third kappa shape index (κ3) is 3.30. The number of aryl methyl sites for hydroxylation is 1. The average Bonchev–Trinajstić information content (AvgIpc) is 2.70. The second kappa shape index (κ2) is 7.37. The van der Waals surface area contributed by atoms with Crippen LogP contribution in [-0.2, 0) is 16.9 Å². The molecular weight excluding hydrogens is 328 g/mol. The molecule has 0 aliphatic rings. The molecule has 0 bridgehead atoms. The predicted octanol–water partition coefficient (Wildman–Crippen LogP) is 2.74. The smallest absolute Gasteiger partial charge is 0.265 e. The quantitative estimate of drug-likeness (QED) is 0.745. The summed E-state index contributed by atoms with van der Waals surface area (Å²) < 4.78 is 1.49. The van der Waals surface area contributed by atoms with Gasteiger partial charge in [-0.25, -0.2) is 0 Å². The molecule has 0 spiro atoms. The number of nitrogens with zero attached hydrogens (tertiary/aromatic N) is 1. The van der Waals surface area contributed by atoms with Crippen molar-refractivity contribution in [1.29, 1.82) is 0 Å². The number of pyridine rings is 1. The van der Waals surface area contributed by atoms with Gasteiger partial charge in [0, 0.05) is 18.8 Å². The van der Waals surface area contributed by atoms with Crippen LogP contribution in [0.15, 0.2) is 83.8 Å². The number of carbonyl (C=O) groups excluding carboxylic acids is 1. The summed E-state index contributed by atoms with van der Waals surface area (Å²) in [5, 5.41) is 14.1. The molecule has 1 amide bonds.